The number of phosphoric acid groups is 2. The molecule has 0 saturated heterocycles. The molecule has 0 aliphatic heterocycles. The van der Waals surface area contributed by atoms with E-state index in [0.717, 1.165) is 116 Å². The van der Waals surface area contributed by atoms with E-state index in [9.17, 15) is 43.2 Å². The summed E-state index contributed by atoms with van der Waals surface area (Å²) in [4.78, 5) is 72.9. The van der Waals surface area contributed by atoms with Crippen LogP contribution in [0.5, 0.6) is 0 Å². The number of aliphatic hydroxyl groups is 1. The zero-order chi connectivity index (χ0) is 73.9. The van der Waals surface area contributed by atoms with Gasteiger partial charge in [0.1, 0.15) is 19.3 Å². The summed E-state index contributed by atoms with van der Waals surface area (Å²) in [5, 5.41) is 10.6. The van der Waals surface area contributed by atoms with Crippen molar-refractivity contribution in [3.05, 3.63) is 24.3 Å². The summed E-state index contributed by atoms with van der Waals surface area (Å²) in [5.74, 6) is -2.14. The molecule has 3 N–H and O–H groups in total. The highest BCUT2D eigenvalue weighted by Crippen LogP contribution is 2.45. The molecule has 0 fully saturated rings. The first-order chi connectivity index (χ1) is 49.2. The van der Waals surface area contributed by atoms with Crippen molar-refractivity contribution in [1.82, 2.24) is 0 Å². The smallest absolute Gasteiger partial charge is 0.462 e. The van der Waals surface area contributed by atoms with E-state index in [1.807, 2.05) is 0 Å². The van der Waals surface area contributed by atoms with Gasteiger partial charge in [0.25, 0.3) is 0 Å². The number of rotatable bonds is 81. The normalized spacial score (nSPS) is 13.9. The molecule has 596 valence electrons. The highest BCUT2D eigenvalue weighted by Gasteiger charge is 2.30. The zero-order valence-electron chi connectivity index (χ0n) is 65.4. The number of esters is 4. The summed E-state index contributed by atoms with van der Waals surface area (Å²) < 4.78 is 68.6. The summed E-state index contributed by atoms with van der Waals surface area (Å²) in [5.41, 5.74) is 0. The van der Waals surface area contributed by atoms with Gasteiger partial charge in [0, 0.05) is 25.7 Å². The molecule has 0 aromatic carbocycles. The molecule has 0 bridgehead atoms. The van der Waals surface area contributed by atoms with Crippen LogP contribution in [0.1, 0.15) is 419 Å². The first-order valence-corrected chi connectivity index (χ1v) is 45.1. The van der Waals surface area contributed by atoms with E-state index < -0.39 is 97.5 Å². The molecule has 19 heteroatoms. The Kier molecular flexibility index (Phi) is 73.9. The van der Waals surface area contributed by atoms with Gasteiger partial charge >= 0.3 is 39.5 Å². The second-order valence-electron chi connectivity index (χ2n) is 28.8. The Labute approximate surface area is 618 Å². The van der Waals surface area contributed by atoms with E-state index in [4.69, 9.17) is 37.0 Å². The summed E-state index contributed by atoms with van der Waals surface area (Å²) in [6.07, 6.45) is 71.9. The van der Waals surface area contributed by atoms with Crippen molar-refractivity contribution in [2.24, 2.45) is 0 Å². The molecular weight excluding hydrogens is 1320 g/mol. The van der Waals surface area contributed by atoms with Gasteiger partial charge in [0.05, 0.1) is 26.4 Å². The van der Waals surface area contributed by atoms with Gasteiger partial charge in [-0.1, -0.05) is 367 Å². The van der Waals surface area contributed by atoms with Gasteiger partial charge in [-0.15, -0.1) is 0 Å². The molecule has 101 heavy (non-hydrogen) atoms. The van der Waals surface area contributed by atoms with Gasteiger partial charge < -0.3 is 33.8 Å². The summed E-state index contributed by atoms with van der Waals surface area (Å²) >= 11 is 0. The topological polar surface area (TPSA) is 237 Å². The Morgan fingerprint density at radius 3 is 0.723 bits per heavy atom. The second kappa shape index (κ2) is 75.8. The molecule has 0 spiro atoms. The minimum absolute atomic E-state index is 0.0853. The Hall–Kier alpha value is -2.46. The number of hydrogen-bond acceptors (Lipinski definition) is 15. The number of hydrogen-bond donors (Lipinski definition) is 3. The van der Waals surface area contributed by atoms with Crippen molar-refractivity contribution >= 4 is 39.5 Å². The fraction of sp³-hybridized carbons (Fsp3) is 0.902. The maximum atomic E-state index is 13.1. The number of allylic oxidation sites excluding steroid dienone is 4. The van der Waals surface area contributed by atoms with E-state index in [2.05, 4.69) is 52.0 Å². The van der Waals surface area contributed by atoms with E-state index in [1.165, 1.54) is 225 Å². The average molecular weight is 1480 g/mol. The molecule has 0 amide bonds. The van der Waals surface area contributed by atoms with Crippen LogP contribution >= 0.6 is 15.6 Å². The van der Waals surface area contributed by atoms with Crippen LogP contribution in [0.25, 0.3) is 0 Å². The molecule has 0 aliphatic rings. The number of aliphatic hydroxyl groups excluding tert-OH is 1. The lowest BCUT2D eigenvalue weighted by Crippen LogP contribution is -2.30. The van der Waals surface area contributed by atoms with Crippen molar-refractivity contribution < 1.29 is 80.2 Å². The van der Waals surface area contributed by atoms with Crippen LogP contribution in [0, 0.1) is 0 Å². The first-order valence-electron chi connectivity index (χ1n) is 42.1. The maximum Gasteiger partial charge on any atom is 0.472 e. The van der Waals surface area contributed by atoms with Crippen LogP contribution in [-0.2, 0) is 65.4 Å². The van der Waals surface area contributed by atoms with Gasteiger partial charge in [-0.05, 0) is 51.4 Å². The van der Waals surface area contributed by atoms with Gasteiger partial charge in [-0.2, -0.15) is 0 Å². The average Bonchev–Trinajstić information content (AvgIpc) is 1.07. The molecule has 0 aromatic rings. The van der Waals surface area contributed by atoms with Gasteiger partial charge in [0.2, 0.25) is 0 Å². The monoisotopic (exact) mass is 1480 g/mol. The molecule has 0 aromatic heterocycles. The molecule has 0 saturated carbocycles. The van der Waals surface area contributed by atoms with Crippen molar-refractivity contribution in [2.75, 3.05) is 39.6 Å². The molecular formula is C82H156O17P2. The quantitative estimate of drug-likeness (QED) is 0.0169. The Bertz CT molecular complexity index is 2010. The first kappa shape index (κ1) is 98.5. The fourth-order valence-corrected chi connectivity index (χ4v) is 13.9. The van der Waals surface area contributed by atoms with E-state index in [-0.39, 0.29) is 25.7 Å². The zero-order valence-corrected chi connectivity index (χ0v) is 67.2. The lowest BCUT2D eigenvalue weighted by Gasteiger charge is -2.21. The third-order valence-corrected chi connectivity index (χ3v) is 20.6. The van der Waals surface area contributed by atoms with Crippen LogP contribution in [0.15, 0.2) is 24.3 Å². The fourth-order valence-electron chi connectivity index (χ4n) is 12.3. The number of phosphoric ester groups is 2. The Morgan fingerprint density at radius 2 is 0.475 bits per heavy atom. The highest BCUT2D eigenvalue weighted by molar-refractivity contribution is 7.47. The molecule has 0 rings (SSSR count). The third kappa shape index (κ3) is 75.6. The molecule has 5 atom stereocenters. The standard InChI is InChI=1S/C82H156O17P2/c1-5-9-13-17-21-24-27-30-33-35-37-38-39-41-44-47-50-53-57-61-65-69-82(87)99-78(73-93-80(85)67-63-59-55-51-48-45-43-40-36-34-31-28-25-22-18-14-10-6-2)75-97-101(90,91)95-71-76(83)70-94-100(88,89)96-74-77(72-92-79(84)66-62-58-54-20-16-12-8-4)98-81(86)68-64-60-56-52-49-46-42-32-29-26-23-19-15-11-7-3/h26,29,32,42,76-78,83H,5-25,27-28,30-31,33-41,43-75H2,1-4H3,(H,88,89)(H,90,91)/b29-26-,42-32-/t76-,77+,78+/m0/s1. The lowest BCUT2D eigenvalue weighted by molar-refractivity contribution is -0.161. The Morgan fingerprint density at radius 1 is 0.277 bits per heavy atom. The summed E-state index contributed by atoms with van der Waals surface area (Å²) in [7, 11) is -9.93. The molecule has 17 nitrogen and oxygen atoms in total. The van der Waals surface area contributed by atoms with Gasteiger partial charge in [0.15, 0.2) is 12.2 Å². The largest absolute Gasteiger partial charge is 0.472 e. The van der Waals surface area contributed by atoms with Gasteiger partial charge in [-0.3, -0.25) is 37.3 Å². The number of carbonyl (C=O) groups excluding carboxylic acids is 4. The van der Waals surface area contributed by atoms with Crippen LogP contribution in [0.3, 0.4) is 0 Å². The third-order valence-electron chi connectivity index (χ3n) is 18.7. The van der Waals surface area contributed by atoms with Crippen molar-refractivity contribution in [3.8, 4) is 0 Å². The number of carbonyl (C=O) groups is 4. The van der Waals surface area contributed by atoms with Gasteiger partial charge in [-0.25, -0.2) is 9.13 Å². The second-order valence-corrected chi connectivity index (χ2v) is 31.7. The SMILES string of the molecule is CCCCCC/C=C\C=C/CCCCCCCC(=O)O[C@H](COC(=O)CCCCCCCCC)COP(=O)(O)OC[C@H](O)COP(=O)(O)OC[C@@H](COC(=O)CCCCCCCCCCCCCCCCCCCC)OC(=O)CCCCCCCCCCCCCCCCCCCCCCC. The maximum absolute atomic E-state index is 13.1. The molecule has 0 radical (unpaired) electrons. The van der Waals surface area contributed by atoms with Crippen molar-refractivity contribution in [3.63, 3.8) is 0 Å². The molecule has 2 unspecified atom stereocenters. The minimum Gasteiger partial charge on any atom is -0.462 e. The van der Waals surface area contributed by atoms with E-state index in [0.29, 0.717) is 25.7 Å². The lowest BCUT2D eigenvalue weighted by atomic mass is 10.0. The molecule has 0 heterocycles. The predicted molar refractivity (Wildman–Crippen MR) is 414 cm³/mol. The minimum atomic E-state index is -4.96. The van der Waals surface area contributed by atoms with Crippen LogP contribution in [0.2, 0.25) is 0 Å². The number of unbranched alkanes of at least 4 members (excludes halogenated alkanes) is 52. The van der Waals surface area contributed by atoms with Crippen molar-refractivity contribution in [2.45, 2.75) is 438 Å². The van der Waals surface area contributed by atoms with Crippen LogP contribution in [-0.4, -0.2) is 96.7 Å². The number of ether oxygens (including phenoxy) is 4. The Balaban J connectivity index is 5.19. The van der Waals surface area contributed by atoms with Crippen molar-refractivity contribution in [1.29, 1.82) is 0 Å². The van der Waals surface area contributed by atoms with E-state index in [1.54, 1.807) is 0 Å². The summed E-state index contributed by atoms with van der Waals surface area (Å²) in [6.45, 7) is 4.92. The highest BCUT2D eigenvalue weighted by atomic mass is 31.2. The summed E-state index contributed by atoms with van der Waals surface area (Å²) in [6, 6.07) is 0. The van der Waals surface area contributed by atoms with Crippen LogP contribution in [0.4, 0.5) is 0 Å². The van der Waals surface area contributed by atoms with Crippen LogP contribution < -0.4 is 0 Å². The molecule has 0 aliphatic carbocycles. The van der Waals surface area contributed by atoms with E-state index >= 15 is 0 Å². The predicted octanol–water partition coefficient (Wildman–Crippen LogP) is 24.5.